The van der Waals surface area contributed by atoms with E-state index in [-0.39, 0.29) is 0 Å². The van der Waals surface area contributed by atoms with Gasteiger partial charge >= 0.3 is 0 Å². The Hall–Kier alpha value is -1.21. The van der Waals surface area contributed by atoms with E-state index in [2.05, 4.69) is 43.5 Å². The van der Waals surface area contributed by atoms with E-state index in [0.29, 0.717) is 12.8 Å². The summed E-state index contributed by atoms with van der Waals surface area (Å²) < 4.78 is 0. The molecule has 0 spiro atoms. The van der Waals surface area contributed by atoms with Crippen LogP contribution in [-0.2, 0) is 4.79 Å². The van der Waals surface area contributed by atoms with Crippen LogP contribution in [0.2, 0.25) is 0 Å². The molecule has 1 amide bonds. The molecule has 0 saturated heterocycles. The Labute approximate surface area is 431 Å². The van der Waals surface area contributed by atoms with Crippen LogP contribution in [0, 0.1) is 0 Å². The molecule has 0 aliphatic carbocycles. The highest BCUT2D eigenvalue weighted by atomic mass is 16.3. The maximum Gasteiger partial charge on any atom is 0.249 e. The van der Waals surface area contributed by atoms with Gasteiger partial charge < -0.3 is 25.7 Å². The van der Waals surface area contributed by atoms with Gasteiger partial charge in [0.15, 0.2) is 0 Å². The van der Waals surface area contributed by atoms with Gasteiger partial charge in [0, 0.05) is 0 Å². The van der Waals surface area contributed by atoms with E-state index in [1.807, 2.05) is 0 Å². The number of carbonyl (C=O) groups is 1. The fraction of sp³-hybridized carbons (Fsp3) is 0.921. The van der Waals surface area contributed by atoms with E-state index in [4.69, 9.17) is 0 Å². The molecule has 0 fully saturated rings. The number of hydrogen-bond acceptors (Lipinski definition) is 5. The quantitative estimate of drug-likeness (QED) is 0.0308. The van der Waals surface area contributed by atoms with Gasteiger partial charge in [-0.2, -0.15) is 0 Å². The predicted molar refractivity (Wildman–Crippen MR) is 302 cm³/mol. The number of carbonyl (C=O) groups excluding carboxylic acids is 1. The van der Waals surface area contributed by atoms with Crippen LogP contribution < -0.4 is 5.32 Å². The molecule has 0 bridgehead atoms. The minimum Gasteiger partial charge on any atom is -0.394 e. The molecule has 6 nitrogen and oxygen atoms in total. The van der Waals surface area contributed by atoms with Crippen LogP contribution in [0.1, 0.15) is 341 Å². The van der Waals surface area contributed by atoms with Gasteiger partial charge in [-0.1, -0.05) is 321 Å². The highest BCUT2D eigenvalue weighted by molar-refractivity contribution is 5.80. The van der Waals surface area contributed by atoms with Crippen LogP contribution in [0.15, 0.2) is 24.3 Å². The number of nitrogens with one attached hydrogen (secondary N) is 1. The van der Waals surface area contributed by atoms with Gasteiger partial charge in [0.25, 0.3) is 0 Å². The van der Waals surface area contributed by atoms with Crippen LogP contribution >= 0.6 is 0 Å². The van der Waals surface area contributed by atoms with Crippen molar-refractivity contribution in [1.82, 2.24) is 5.32 Å². The Morgan fingerprint density at radius 2 is 0.623 bits per heavy atom. The van der Waals surface area contributed by atoms with Gasteiger partial charge in [0.1, 0.15) is 12.2 Å². The van der Waals surface area contributed by atoms with Crippen molar-refractivity contribution in [3.8, 4) is 0 Å². The van der Waals surface area contributed by atoms with Crippen LogP contribution in [0.25, 0.3) is 0 Å². The second kappa shape index (κ2) is 57.7. The summed E-state index contributed by atoms with van der Waals surface area (Å²) in [5.74, 6) is -0.578. The Morgan fingerprint density at radius 1 is 0.362 bits per heavy atom. The number of unbranched alkanes of at least 4 members (excludes halogenated alkanes) is 45. The van der Waals surface area contributed by atoms with E-state index in [1.165, 1.54) is 270 Å². The number of aliphatic hydroxyl groups excluding tert-OH is 4. The zero-order valence-electron chi connectivity index (χ0n) is 46.6. The van der Waals surface area contributed by atoms with Gasteiger partial charge in [-0.25, -0.2) is 0 Å². The molecule has 0 rings (SSSR count). The summed E-state index contributed by atoms with van der Waals surface area (Å²) in [5, 5.41) is 44.1. The molecule has 4 atom stereocenters. The molecular formula is C63H123NO5. The smallest absolute Gasteiger partial charge is 0.249 e. The molecule has 0 aromatic carbocycles. The van der Waals surface area contributed by atoms with Gasteiger partial charge in [-0.05, 0) is 44.9 Å². The fourth-order valence-corrected chi connectivity index (χ4v) is 10.0. The van der Waals surface area contributed by atoms with Crippen molar-refractivity contribution in [2.45, 2.75) is 366 Å². The summed E-state index contributed by atoms with van der Waals surface area (Å²) in [7, 11) is 0. The van der Waals surface area contributed by atoms with Crippen LogP contribution in [0.3, 0.4) is 0 Å². The second-order valence-corrected chi connectivity index (χ2v) is 21.8. The molecular weight excluding hydrogens is 851 g/mol. The van der Waals surface area contributed by atoms with E-state index in [9.17, 15) is 25.2 Å². The first-order chi connectivity index (χ1) is 34.0. The first kappa shape index (κ1) is 67.8. The van der Waals surface area contributed by atoms with E-state index >= 15 is 0 Å². The zero-order chi connectivity index (χ0) is 50.2. The Balaban J connectivity index is 3.58. The number of aliphatic hydroxyl groups is 4. The highest BCUT2D eigenvalue weighted by Crippen LogP contribution is 2.19. The second-order valence-electron chi connectivity index (χ2n) is 21.8. The molecule has 0 aliphatic heterocycles. The van der Waals surface area contributed by atoms with Crippen molar-refractivity contribution < 1.29 is 25.2 Å². The van der Waals surface area contributed by atoms with Crippen molar-refractivity contribution in [2.75, 3.05) is 6.61 Å². The zero-order valence-corrected chi connectivity index (χ0v) is 46.6. The standard InChI is InChI=1S/C63H123NO5/c1-3-5-7-9-11-13-15-17-19-21-23-25-27-28-29-30-31-32-33-35-37-39-41-43-45-47-49-51-53-55-57-61(67)63(69)64-59(58-65)62(68)60(66)56-54-52-50-48-46-44-42-40-38-36-34-26-24-22-20-18-16-14-12-10-8-6-4-2/h23,25,28-29,59-62,65-68H,3-22,24,26-27,30-58H2,1-2H3,(H,64,69)/b25-23-,29-28-. The monoisotopic (exact) mass is 974 g/mol. The normalized spacial score (nSPS) is 13.8. The minimum absolute atomic E-state index is 0.371. The first-order valence-corrected chi connectivity index (χ1v) is 31.2. The van der Waals surface area contributed by atoms with Crippen molar-refractivity contribution in [2.24, 2.45) is 0 Å². The summed E-state index contributed by atoms with van der Waals surface area (Å²) in [4.78, 5) is 12.6. The summed E-state index contributed by atoms with van der Waals surface area (Å²) >= 11 is 0. The largest absolute Gasteiger partial charge is 0.394 e. The van der Waals surface area contributed by atoms with Crippen molar-refractivity contribution in [1.29, 1.82) is 0 Å². The van der Waals surface area contributed by atoms with Crippen molar-refractivity contribution in [3.63, 3.8) is 0 Å². The van der Waals surface area contributed by atoms with Crippen LogP contribution in [0.4, 0.5) is 0 Å². The van der Waals surface area contributed by atoms with Gasteiger partial charge in [-0.15, -0.1) is 0 Å². The third-order valence-electron chi connectivity index (χ3n) is 14.9. The topological polar surface area (TPSA) is 110 Å². The lowest BCUT2D eigenvalue weighted by atomic mass is 9.99. The van der Waals surface area contributed by atoms with Crippen LogP contribution in [0.5, 0.6) is 0 Å². The number of rotatable bonds is 58. The van der Waals surface area contributed by atoms with E-state index in [0.717, 1.165) is 44.9 Å². The lowest BCUT2D eigenvalue weighted by molar-refractivity contribution is -0.132. The molecule has 0 aromatic rings. The number of allylic oxidation sites excluding steroid dienone is 4. The number of amides is 1. The molecule has 410 valence electrons. The molecule has 6 heteroatoms. The lowest BCUT2D eigenvalue weighted by Gasteiger charge is -2.27. The summed E-state index contributed by atoms with van der Waals surface area (Å²) in [5.41, 5.74) is 0. The van der Waals surface area contributed by atoms with E-state index < -0.39 is 36.9 Å². The van der Waals surface area contributed by atoms with Gasteiger partial charge in [0.2, 0.25) is 5.91 Å². The Morgan fingerprint density at radius 3 is 0.913 bits per heavy atom. The van der Waals surface area contributed by atoms with Gasteiger partial charge in [-0.3, -0.25) is 4.79 Å². The molecule has 4 unspecified atom stereocenters. The van der Waals surface area contributed by atoms with Crippen LogP contribution in [-0.4, -0.2) is 57.3 Å². The third kappa shape index (κ3) is 51.5. The SMILES string of the molecule is CCCCCCCCCCC/C=C\C/C=C\CCCCCCCCCCCCCCCCC(O)C(=O)NC(CO)C(O)C(O)CCCCCCCCCCCCCCCCCCCCCCCCC. The van der Waals surface area contributed by atoms with Gasteiger partial charge in [0.05, 0.1) is 18.8 Å². The lowest BCUT2D eigenvalue weighted by Crippen LogP contribution is -2.53. The molecule has 0 radical (unpaired) electrons. The maximum atomic E-state index is 12.6. The highest BCUT2D eigenvalue weighted by Gasteiger charge is 2.28. The predicted octanol–water partition coefficient (Wildman–Crippen LogP) is 18.6. The summed E-state index contributed by atoms with van der Waals surface area (Å²) in [6, 6.07) is -0.985. The first-order valence-electron chi connectivity index (χ1n) is 31.2. The Kier molecular flexibility index (Phi) is 56.7. The number of hydrogen-bond donors (Lipinski definition) is 5. The van der Waals surface area contributed by atoms with Crippen molar-refractivity contribution >= 4 is 5.91 Å². The summed E-state index contributed by atoms with van der Waals surface area (Å²) in [6.07, 6.45) is 71.2. The molecule has 69 heavy (non-hydrogen) atoms. The fourth-order valence-electron chi connectivity index (χ4n) is 10.0. The Bertz CT molecular complexity index is 1050. The molecule has 0 aromatic heterocycles. The molecule has 0 saturated carbocycles. The molecule has 5 N–H and O–H groups in total. The van der Waals surface area contributed by atoms with Crippen molar-refractivity contribution in [3.05, 3.63) is 24.3 Å². The maximum absolute atomic E-state index is 12.6. The third-order valence-corrected chi connectivity index (χ3v) is 14.9. The van der Waals surface area contributed by atoms with E-state index in [1.54, 1.807) is 0 Å². The average Bonchev–Trinajstić information content (AvgIpc) is 3.35. The summed E-state index contributed by atoms with van der Waals surface area (Å²) in [6.45, 7) is 4.10. The molecule has 0 aliphatic rings. The average molecular weight is 975 g/mol. The minimum atomic E-state index is -1.26. The molecule has 0 heterocycles.